The fourth-order valence-electron chi connectivity index (χ4n) is 2.74. The summed E-state index contributed by atoms with van der Waals surface area (Å²) in [6, 6.07) is 5.13. The van der Waals surface area contributed by atoms with Gasteiger partial charge in [-0.25, -0.2) is 0 Å². The first-order valence-corrected chi connectivity index (χ1v) is 8.29. The van der Waals surface area contributed by atoms with Crippen LogP contribution in [0.4, 0.5) is 5.69 Å². The van der Waals surface area contributed by atoms with E-state index in [9.17, 15) is 10.0 Å². The highest BCUT2D eigenvalue weighted by Gasteiger charge is 2.27. The highest BCUT2D eigenvalue weighted by Crippen LogP contribution is 2.35. The number of methoxy groups -OCH3 is 2. The molecule has 1 amide bonds. The van der Waals surface area contributed by atoms with Crippen LogP contribution in [-0.2, 0) is 6.42 Å². The molecule has 0 aliphatic carbocycles. The predicted molar refractivity (Wildman–Crippen MR) is 101 cm³/mol. The van der Waals surface area contributed by atoms with Gasteiger partial charge >= 0.3 is 0 Å². The van der Waals surface area contributed by atoms with Gasteiger partial charge in [-0.1, -0.05) is 23.7 Å². The number of ether oxygens (including phenoxy) is 2. The van der Waals surface area contributed by atoms with E-state index in [1.807, 2.05) is 0 Å². The second-order valence-electron chi connectivity index (χ2n) is 5.62. The maximum Gasteiger partial charge on any atom is 0.263 e. The van der Waals surface area contributed by atoms with Gasteiger partial charge in [0.25, 0.3) is 5.91 Å². The Labute approximate surface area is 157 Å². The van der Waals surface area contributed by atoms with Gasteiger partial charge in [-0.05, 0) is 18.6 Å². The SMILES string of the molecule is C=CCc1c(Cl)c(C(=O)Nc2c(OC)cccc2OC)c(C)[n+]([O-])c1C. The summed E-state index contributed by atoms with van der Waals surface area (Å²) in [7, 11) is 2.98. The number of hydrogen-bond acceptors (Lipinski definition) is 4. The van der Waals surface area contributed by atoms with Crippen molar-refractivity contribution in [2.45, 2.75) is 20.3 Å². The number of rotatable bonds is 6. The van der Waals surface area contributed by atoms with Gasteiger partial charge < -0.3 is 20.0 Å². The van der Waals surface area contributed by atoms with Crippen molar-refractivity contribution >= 4 is 23.2 Å². The van der Waals surface area contributed by atoms with Crippen LogP contribution < -0.4 is 19.5 Å². The number of carbonyl (C=O) groups is 1. The summed E-state index contributed by atoms with van der Waals surface area (Å²) in [4.78, 5) is 12.9. The van der Waals surface area contributed by atoms with Crippen LogP contribution in [0.15, 0.2) is 30.9 Å². The molecule has 0 fully saturated rings. The third kappa shape index (κ3) is 3.46. The molecule has 1 aromatic carbocycles. The molecule has 1 aromatic heterocycles. The molecular formula is C19H21ClN2O4. The highest BCUT2D eigenvalue weighted by molar-refractivity contribution is 6.35. The predicted octanol–water partition coefficient (Wildman–Crippen LogP) is 3.59. The lowest BCUT2D eigenvalue weighted by molar-refractivity contribution is -0.619. The number of para-hydroxylation sites is 1. The van der Waals surface area contributed by atoms with E-state index in [0.717, 1.165) is 0 Å². The fourth-order valence-corrected chi connectivity index (χ4v) is 3.18. The van der Waals surface area contributed by atoms with Gasteiger partial charge in [0, 0.05) is 19.4 Å². The van der Waals surface area contributed by atoms with Crippen molar-refractivity contribution in [3.63, 3.8) is 0 Å². The van der Waals surface area contributed by atoms with Gasteiger partial charge in [-0.2, -0.15) is 4.73 Å². The van der Waals surface area contributed by atoms with Crippen molar-refractivity contribution in [3.8, 4) is 11.5 Å². The quantitative estimate of drug-likeness (QED) is 0.475. The van der Waals surface area contributed by atoms with Crippen molar-refractivity contribution < 1.29 is 19.0 Å². The lowest BCUT2D eigenvalue weighted by Gasteiger charge is -2.17. The zero-order chi connectivity index (χ0) is 19.4. The van der Waals surface area contributed by atoms with E-state index in [0.29, 0.717) is 39.6 Å². The average molecular weight is 377 g/mol. The number of allylic oxidation sites excluding steroid dienone is 1. The molecular weight excluding hydrogens is 356 g/mol. The molecule has 1 N–H and O–H groups in total. The zero-order valence-electron chi connectivity index (χ0n) is 15.2. The van der Waals surface area contributed by atoms with E-state index in [1.54, 1.807) is 38.1 Å². The molecule has 0 saturated carbocycles. The molecule has 1 heterocycles. The Morgan fingerprint density at radius 2 is 1.85 bits per heavy atom. The molecule has 26 heavy (non-hydrogen) atoms. The number of carbonyl (C=O) groups excluding carboxylic acids is 1. The Bertz CT molecular complexity index is 843. The van der Waals surface area contributed by atoms with Crippen LogP contribution in [0.1, 0.15) is 27.3 Å². The molecule has 0 radical (unpaired) electrons. The topological polar surface area (TPSA) is 74.5 Å². The normalized spacial score (nSPS) is 10.3. The number of halogens is 1. The van der Waals surface area contributed by atoms with Crippen LogP contribution in [0.25, 0.3) is 0 Å². The zero-order valence-corrected chi connectivity index (χ0v) is 15.9. The smallest absolute Gasteiger partial charge is 0.263 e. The summed E-state index contributed by atoms with van der Waals surface area (Å²) in [5, 5.41) is 15.4. The maximum atomic E-state index is 12.9. The first-order chi connectivity index (χ1) is 12.4. The van der Waals surface area contributed by atoms with E-state index >= 15 is 0 Å². The Balaban J connectivity index is 2.57. The van der Waals surface area contributed by atoms with Crippen LogP contribution in [0.5, 0.6) is 11.5 Å². The van der Waals surface area contributed by atoms with Crippen LogP contribution in [0, 0.1) is 19.1 Å². The van der Waals surface area contributed by atoms with Gasteiger partial charge in [-0.15, -0.1) is 6.58 Å². The highest BCUT2D eigenvalue weighted by atomic mass is 35.5. The first-order valence-electron chi connectivity index (χ1n) is 7.91. The van der Waals surface area contributed by atoms with E-state index in [1.165, 1.54) is 14.2 Å². The Morgan fingerprint density at radius 3 is 2.35 bits per heavy atom. The molecule has 0 atom stereocenters. The summed E-state index contributed by atoms with van der Waals surface area (Å²) >= 11 is 6.46. The minimum Gasteiger partial charge on any atom is -0.618 e. The van der Waals surface area contributed by atoms with Gasteiger partial charge in [0.1, 0.15) is 22.7 Å². The molecule has 138 valence electrons. The summed E-state index contributed by atoms with van der Waals surface area (Å²) in [5.41, 5.74) is 1.70. The lowest BCUT2D eigenvalue weighted by atomic mass is 10.0. The van der Waals surface area contributed by atoms with E-state index in [4.69, 9.17) is 21.1 Å². The molecule has 0 spiro atoms. The van der Waals surface area contributed by atoms with Crippen molar-refractivity contribution in [2.75, 3.05) is 19.5 Å². The first kappa shape index (κ1) is 19.6. The number of aromatic nitrogens is 1. The Morgan fingerprint density at radius 1 is 1.27 bits per heavy atom. The fraction of sp³-hybridized carbons (Fsp3) is 0.263. The number of hydrogen-bond donors (Lipinski definition) is 1. The molecule has 6 nitrogen and oxygen atoms in total. The average Bonchev–Trinajstić information content (AvgIpc) is 2.63. The molecule has 0 aliphatic rings. The number of pyridine rings is 1. The van der Waals surface area contributed by atoms with Crippen LogP contribution in [0.3, 0.4) is 0 Å². The molecule has 7 heteroatoms. The van der Waals surface area contributed by atoms with Crippen molar-refractivity contribution in [1.29, 1.82) is 0 Å². The van der Waals surface area contributed by atoms with Crippen molar-refractivity contribution in [1.82, 2.24) is 0 Å². The van der Waals surface area contributed by atoms with Crippen LogP contribution >= 0.6 is 11.6 Å². The van der Waals surface area contributed by atoms with E-state index in [-0.39, 0.29) is 16.3 Å². The summed E-state index contributed by atoms with van der Waals surface area (Å²) in [6.45, 7) is 6.89. The van der Waals surface area contributed by atoms with E-state index in [2.05, 4.69) is 11.9 Å². The van der Waals surface area contributed by atoms with Gasteiger partial charge in [0.2, 0.25) is 5.69 Å². The van der Waals surface area contributed by atoms with Gasteiger partial charge in [0.05, 0.1) is 19.2 Å². The van der Waals surface area contributed by atoms with Crippen molar-refractivity contribution in [3.05, 3.63) is 63.6 Å². The second-order valence-corrected chi connectivity index (χ2v) is 6.00. The summed E-state index contributed by atoms with van der Waals surface area (Å²) in [5.74, 6) is 0.338. The van der Waals surface area contributed by atoms with Crippen LogP contribution in [-0.4, -0.2) is 20.1 Å². The number of anilines is 1. The van der Waals surface area contributed by atoms with Gasteiger partial charge in [-0.3, -0.25) is 4.79 Å². The third-order valence-electron chi connectivity index (χ3n) is 4.13. The molecule has 0 bridgehead atoms. The third-order valence-corrected chi connectivity index (χ3v) is 4.55. The number of nitrogens with one attached hydrogen (secondary N) is 1. The second kappa shape index (κ2) is 8.10. The monoisotopic (exact) mass is 376 g/mol. The lowest BCUT2D eigenvalue weighted by Crippen LogP contribution is -2.38. The molecule has 0 unspecified atom stereocenters. The molecule has 2 rings (SSSR count). The maximum absolute atomic E-state index is 12.9. The summed E-state index contributed by atoms with van der Waals surface area (Å²) in [6.07, 6.45) is 2.01. The van der Waals surface area contributed by atoms with E-state index < -0.39 is 5.91 Å². The number of nitrogens with zero attached hydrogens (tertiary/aromatic N) is 1. The summed E-state index contributed by atoms with van der Waals surface area (Å²) < 4.78 is 11.3. The van der Waals surface area contributed by atoms with Gasteiger partial charge in [0.15, 0.2) is 5.69 Å². The number of benzene rings is 1. The standard InChI is InChI=1S/C19H21ClN2O4/c1-6-8-13-11(2)22(24)12(3)16(17(13)20)19(23)21-18-14(25-4)9-7-10-15(18)26-5/h6-7,9-10H,1,8H2,2-5H3,(H,21,23). The molecule has 0 saturated heterocycles. The van der Waals surface area contributed by atoms with Crippen LogP contribution in [0.2, 0.25) is 5.02 Å². The minimum atomic E-state index is -0.523. The minimum absolute atomic E-state index is 0.108. The molecule has 2 aromatic rings. The molecule has 0 aliphatic heterocycles. The Kier molecular flexibility index (Phi) is 6.10. The largest absolute Gasteiger partial charge is 0.618 e. The van der Waals surface area contributed by atoms with Crippen molar-refractivity contribution in [2.24, 2.45) is 0 Å². The Hall–Kier alpha value is -2.73. The number of amides is 1.